The van der Waals surface area contributed by atoms with Gasteiger partial charge in [-0.2, -0.15) is 0 Å². The van der Waals surface area contributed by atoms with Crippen molar-refractivity contribution in [2.24, 2.45) is 0 Å². The standard InChI is InChI=1S/C16H17ClO/c1-3-13-6-4-5-7-16(13)18-11-14-9-8-12(2)10-15(14)17/h4-10H,3,11H2,1-2H3. The third-order valence-corrected chi connectivity index (χ3v) is 3.30. The molecule has 0 amide bonds. The third kappa shape index (κ3) is 3.05. The SMILES string of the molecule is CCc1ccccc1OCc1ccc(C)cc1Cl. The average Bonchev–Trinajstić information content (AvgIpc) is 2.38. The first-order valence-corrected chi connectivity index (χ1v) is 6.54. The summed E-state index contributed by atoms with van der Waals surface area (Å²) in [6.45, 7) is 4.67. The first-order chi connectivity index (χ1) is 8.70. The summed E-state index contributed by atoms with van der Waals surface area (Å²) in [5, 5.41) is 0.768. The van der Waals surface area contributed by atoms with Gasteiger partial charge < -0.3 is 4.74 Å². The Morgan fingerprint density at radius 2 is 1.83 bits per heavy atom. The molecule has 94 valence electrons. The van der Waals surface area contributed by atoms with E-state index in [0.717, 1.165) is 28.3 Å². The first kappa shape index (κ1) is 13.0. The van der Waals surface area contributed by atoms with Gasteiger partial charge in [-0.15, -0.1) is 0 Å². The number of hydrogen-bond acceptors (Lipinski definition) is 1. The molecule has 0 atom stereocenters. The number of hydrogen-bond donors (Lipinski definition) is 0. The van der Waals surface area contributed by atoms with Gasteiger partial charge >= 0.3 is 0 Å². The number of benzene rings is 2. The van der Waals surface area contributed by atoms with Gasteiger partial charge in [0, 0.05) is 10.6 Å². The normalized spacial score (nSPS) is 10.4. The monoisotopic (exact) mass is 260 g/mol. The van der Waals surface area contributed by atoms with Gasteiger partial charge in [-0.1, -0.05) is 48.9 Å². The lowest BCUT2D eigenvalue weighted by Crippen LogP contribution is -1.99. The minimum atomic E-state index is 0.510. The summed E-state index contributed by atoms with van der Waals surface area (Å²) in [5.41, 5.74) is 3.41. The molecule has 0 heterocycles. The Bertz CT molecular complexity index is 534. The van der Waals surface area contributed by atoms with Crippen LogP contribution in [0.5, 0.6) is 5.75 Å². The van der Waals surface area contributed by atoms with Gasteiger partial charge in [0.05, 0.1) is 0 Å². The molecule has 0 N–H and O–H groups in total. The van der Waals surface area contributed by atoms with E-state index in [0.29, 0.717) is 6.61 Å². The van der Waals surface area contributed by atoms with Crippen LogP contribution in [0.15, 0.2) is 42.5 Å². The van der Waals surface area contributed by atoms with Crippen molar-refractivity contribution in [3.63, 3.8) is 0 Å². The van der Waals surface area contributed by atoms with Crippen LogP contribution in [-0.4, -0.2) is 0 Å². The van der Waals surface area contributed by atoms with Crippen LogP contribution < -0.4 is 4.74 Å². The zero-order valence-electron chi connectivity index (χ0n) is 10.7. The van der Waals surface area contributed by atoms with Crippen LogP contribution in [0, 0.1) is 6.92 Å². The van der Waals surface area contributed by atoms with Crippen LogP contribution in [0.4, 0.5) is 0 Å². The lowest BCUT2D eigenvalue weighted by Gasteiger charge is -2.11. The Morgan fingerprint density at radius 1 is 1.06 bits per heavy atom. The van der Waals surface area contributed by atoms with E-state index < -0.39 is 0 Å². The predicted octanol–water partition coefficient (Wildman–Crippen LogP) is 4.79. The van der Waals surface area contributed by atoms with Gasteiger partial charge in [0.25, 0.3) is 0 Å². The molecule has 2 aromatic rings. The zero-order valence-corrected chi connectivity index (χ0v) is 11.5. The molecule has 1 nitrogen and oxygen atoms in total. The highest BCUT2D eigenvalue weighted by molar-refractivity contribution is 6.31. The van der Waals surface area contributed by atoms with E-state index in [2.05, 4.69) is 19.1 Å². The minimum absolute atomic E-state index is 0.510. The lowest BCUT2D eigenvalue weighted by molar-refractivity contribution is 0.303. The summed E-state index contributed by atoms with van der Waals surface area (Å²) in [5.74, 6) is 0.941. The molecule has 0 spiro atoms. The van der Waals surface area contributed by atoms with E-state index in [4.69, 9.17) is 16.3 Å². The highest BCUT2D eigenvalue weighted by Gasteiger charge is 2.04. The van der Waals surface area contributed by atoms with E-state index in [1.165, 1.54) is 5.56 Å². The Kier molecular flexibility index (Phi) is 4.27. The van der Waals surface area contributed by atoms with Gasteiger partial charge in [-0.3, -0.25) is 0 Å². The maximum atomic E-state index is 6.19. The number of aryl methyl sites for hydroxylation is 2. The Hall–Kier alpha value is -1.47. The van der Waals surface area contributed by atoms with Gasteiger partial charge in [0.15, 0.2) is 0 Å². The Balaban J connectivity index is 2.11. The second kappa shape index (κ2) is 5.92. The van der Waals surface area contributed by atoms with Crippen LogP contribution in [0.1, 0.15) is 23.6 Å². The minimum Gasteiger partial charge on any atom is -0.489 e. The lowest BCUT2D eigenvalue weighted by atomic mass is 10.1. The Labute approximate surface area is 113 Å². The molecule has 2 aromatic carbocycles. The summed E-state index contributed by atoms with van der Waals surface area (Å²) in [6.07, 6.45) is 0.970. The number of para-hydroxylation sites is 1. The van der Waals surface area contributed by atoms with Crippen LogP contribution in [-0.2, 0) is 13.0 Å². The van der Waals surface area contributed by atoms with Crippen LogP contribution in [0.2, 0.25) is 5.02 Å². The van der Waals surface area contributed by atoms with Crippen molar-refractivity contribution in [1.29, 1.82) is 0 Å². The first-order valence-electron chi connectivity index (χ1n) is 6.16. The van der Waals surface area contributed by atoms with Gasteiger partial charge in [-0.05, 0) is 36.6 Å². The molecule has 2 heteroatoms. The summed E-state index contributed by atoms with van der Waals surface area (Å²) < 4.78 is 5.85. The number of rotatable bonds is 4. The summed E-state index contributed by atoms with van der Waals surface area (Å²) >= 11 is 6.19. The second-order valence-electron chi connectivity index (χ2n) is 4.34. The van der Waals surface area contributed by atoms with E-state index in [1.807, 2.05) is 37.3 Å². The second-order valence-corrected chi connectivity index (χ2v) is 4.75. The molecule has 18 heavy (non-hydrogen) atoms. The van der Waals surface area contributed by atoms with Crippen molar-refractivity contribution in [2.45, 2.75) is 26.9 Å². The van der Waals surface area contributed by atoms with E-state index in [1.54, 1.807) is 0 Å². The quantitative estimate of drug-likeness (QED) is 0.768. The summed E-state index contributed by atoms with van der Waals surface area (Å²) in [4.78, 5) is 0. The highest BCUT2D eigenvalue weighted by Crippen LogP contribution is 2.23. The van der Waals surface area contributed by atoms with Crippen LogP contribution in [0.3, 0.4) is 0 Å². The predicted molar refractivity (Wildman–Crippen MR) is 76.3 cm³/mol. The van der Waals surface area contributed by atoms with E-state index >= 15 is 0 Å². The van der Waals surface area contributed by atoms with Crippen molar-refractivity contribution >= 4 is 11.6 Å². The fourth-order valence-electron chi connectivity index (χ4n) is 1.86. The zero-order chi connectivity index (χ0) is 13.0. The van der Waals surface area contributed by atoms with Crippen molar-refractivity contribution in [1.82, 2.24) is 0 Å². The molecule has 0 fully saturated rings. The molecule has 0 radical (unpaired) electrons. The molecular formula is C16H17ClO. The van der Waals surface area contributed by atoms with E-state index in [9.17, 15) is 0 Å². The topological polar surface area (TPSA) is 9.23 Å². The summed E-state index contributed by atoms with van der Waals surface area (Å²) in [7, 11) is 0. The van der Waals surface area contributed by atoms with Crippen molar-refractivity contribution < 1.29 is 4.74 Å². The Morgan fingerprint density at radius 3 is 2.56 bits per heavy atom. The molecule has 0 saturated heterocycles. The molecule has 0 aromatic heterocycles. The van der Waals surface area contributed by atoms with Crippen molar-refractivity contribution in [3.8, 4) is 5.75 Å². The van der Waals surface area contributed by atoms with Gasteiger partial charge in [-0.25, -0.2) is 0 Å². The maximum Gasteiger partial charge on any atom is 0.122 e. The fourth-order valence-corrected chi connectivity index (χ4v) is 2.15. The molecule has 2 rings (SSSR count). The number of halogens is 1. The van der Waals surface area contributed by atoms with Crippen LogP contribution >= 0.6 is 11.6 Å². The molecule has 0 unspecified atom stereocenters. The van der Waals surface area contributed by atoms with Gasteiger partial charge in [0.2, 0.25) is 0 Å². The van der Waals surface area contributed by atoms with Crippen molar-refractivity contribution in [2.75, 3.05) is 0 Å². The fraction of sp³-hybridized carbons (Fsp3) is 0.250. The van der Waals surface area contributed by atoms with Gasteiger partial charge in [0.1, 0.15) is 12.4 Å². The number of ether oxygens (including phenoxy) is 1. The third-order valence-electron chi connectivity index (χ3n) is 2.95. The molecule has 0 saturated carbocycles. The largest absolute Gasteiger partial charge is 0.489 e. The smallest absolute Gasteiger partial charge is 0.122 e. The molecule has 0 aliphatic heterocycles. The molecular weight excluding hydrogens is 244 g/mol. The maximum absolute atomic E-state index is 6.19. The van der Waals surface area contributed by atoms with Crippen LogP contribution in [0.25, 0.3) is 0 Å². The van der Waals surface area contributed by atoms with Crippen molar-refractivity contribution in [3.05, 3.63) is 64.2 Å². The average molecular weight is 261 g/mol. The molecule has 0 bridgehead atoms. The summed E-state index contributed by atoms with van der Waals surface area (Å²) in [6, 6.07) is 14.2. The van der Waals surface area contributed by atoms with E-state index in [-0.39, 0.29) is 0 Å². The highest BCUT2D eigenvalue weighted by atomic mass is 35.5. The molecule has 0 aliphatic rings. The molecule has 0 aliphatic carbocycles.